The van der Waals surface area contributed by atoms with E-state index in [0.29, 0.717) is 6.42 Å². The Bertz CT molecular complexity index is 585. The van der Waals surface area contributed by atoms with E-state index in [9.17, 15) is 4.39 Å². The van der Waals surface area contributed by atoms with Crippen molar-refractivity contribution in [2.45, 2.75) is 109 Å². The molecule has 0 bridgehead atoms. The minimum Gasteiger partial charge on any atom is -0.251 e. The number of hydrogen-bond acceptors (Lipinski definition) is 0. The first kappa shape index (κ1) is 23.6. The number of halogens is 1. The van der Waals surface area contributed by atoms with E-state index >= 15 is 0 Å². The smallest absolute Gasteiger partial charge is 0.0928 e. The van der Waals surface area contributed by atoms with Gasteiger partial charge in [-0.3, -0.25) is 4.39 Å². The Morgan fingerprint density at radius 3 is 2.07 bits per heavy atom. The van der Waals surface area contributed by atoms with Gasteiger partial charge in [0.2, 0.25) is 0 Å². The second kappa shape index (κ2) is 13.3. The summed E-state index contributed by atoms with van der Waals surface area (Å²) in [5, 5.41) is 0. The SMILES string of the molecule is CCCCCc1ccc([C@H]2CC[C@H](CC[C@H]3CC[C@H](C=CCCF)CC3)CC2)cc1. The van der Waals surface area contributed by atoms with Crippen LogP contribution in [0.25, 0.3) is 0 Å². The highest BCUT2D eigenvalue weighted by molar-refractivity contribution is 5.26. The quantitative estimate of drug-likeness (QED) is 0.251. The summed E-state index contributed by atoms with van der Waals surface area (Å²) in [5.74, 6) is 3.45. The van der Waals surface area contributed by atoms with Crippen LogP contribution in [-0.2, 0) is 6.42 Å². The standard InChI is InChI=1S/C29H45F/c1-2-3-4-7-25-15-19-28(20-16-25)29-21-17-27(18-22-29)14-13-26-11-9-24(10-12-26)8-5-6-23-30/h5,8,15-16,19-20,24,26-27,29H,2-4,6-7,9-14,17-18,21-23H2,1H3/t24-,26-,27-,29-. The monoisotopic (exact) mass is 412 g/mol. The highest BCUT2D eigenvalue weighted by Gasteiger charge is 2.24. The topological polar surface area (TPSA) is 0 Å². The number of aryl methyl sites for hydroxylation is 1. The molecule has 0 saturated heterocycles. The molecule has 2 saturated carbocycles. The number of benzene rings is 1. The average Bonchev–Trinajstić information content (AvgIpc) is 2.80. The van der Waals surface area contributed by atoms with Gasteiger partial charge in [0.1, 0.15) is 0 Å². The Morgan fingerprint density at radius 2 is 1.47 bits per heavy atom. The van der Waals surface area contributed by atoms with Crippen LogP contribution in [0.5, 0.6) is 0 Å². The Balaban J connectivity index is 1.31. The molecule has 0 unspecified atom stereocenters. The predicted octanol–water partition coefficient (Wildman–Crippen LogP) is 9.20. The molecular formula is C29H45F. The van der Waals surface area contributed by atoms with Crippen LogP contribution >= 0.6 is 0 Å². The Morgan fingerprint density at radius 1 is 0.833 bits per heavy atom. The molecule has 0 atom stereocenters. The number of unbranched alkanes of at least 4 members (excludes halogenated alkanes) is 2. The fourth-order valence-electron chi connectivity index (χ4n) is 5.81. The molecule has 0 heterocycles. The van der Waals surface area contributed by atoms with Gasteiger partial charge in [-0.05, 0) is 105 Å². The lowest BCUT2D eigenvalue weighted by Gasteiger charge is -2.31. The maximum absolute atomic E-state index is 12.2. The minimum atomic E-state index is -0.210. The van der Waals surface area contributed by atoms with Crippen molar-refractivity contribution in [2.75, 3.05) is 6.67 Å². The van der Waals surface area contributed by atoms with Gasteiger partial charge in [-0.15, -0.1) is 0 Å². The molecule has 168 valence electrons. The molecule has 0 spiro atoms. The summed E-state index contributed by atoms with van der Waals surface area (Å²) in [4.78, 5) is 0. The summed E-state index contributed by atoms with van der Waals surface area (Å²) in [5.41, 5.74) is 3.11. The molecule has 3 rings (SSSR count). The summed E-state index contributed by atoms with van der Waals surface area (Å²) in [7, 11) is 0. The fourth-order valence-corrected chi connectivity index (χ4v) is 5.81. The van der Waals surface area contributed by atoms with Gasteiger partial charge in [0.15, 0.2) is 0 Å². The van der Waals surface area contributed by atoms with E-state index in [1.54, 1.807) is 5.56 Å². The van der Waals surface area contributed by atoms with Crippen molar-refractivity contribution in [2.24, 2.45) is 17.8 Å². The zero-order valence-electron chi connectivity index (χ0n) is 19.5. The van der Waals surface area contributed by atoms with Crippen LogP contribution in [0.4, 0.5) is 4.39 Å². The van der Waals surface area contributed by atoms with Gasteiger partial charge >= 0.3 is 0 Å². The van der Waals surface area contributed by atoms with Crippen molar-refractivity contribution in [3.05, 3.63) is 47.5 Å². The predicted molar refractivity (Wildman–Crippen MR) is 129 cm³/mol. The largest absolute Gasteiger partial charge is 0.251 e. The number of alkyl halides is 1. The van der Waals surface area contributed by atoms with E-state index in [1.165, 1.54) is 95.5 Å². The molecule has 0 aromatic heterocycles. The van der Waals surface area contributed by atoms with Crippen molar-refractivity contribution < 1.29 is 4.39 Å². The zero-order chi connectivity index (χ0) is 21.0. The first-order valence-electron chi connectivity index (χ1n) is 13.1. The Kier molecular flexibility index (Phi) is 10.5. The number of rotatable bonds is 11. The van der Waals surface area contributed by atoms with E-state index < -0.39 is 0 Å². The van der Waals surface area contributed by atoms with Crippen molar-refractivity contribution in [3.8, 4) is 0 Å². The van der Waals surface area contributed by atoms with Gasteiger partial charge in [0, 0.05) is 0 Å². The summed E-state index contributed by atoms with van der Waals surface area (Å²) in [6.07, 6.45) is 24.2. The van der Waals surface area contributed by atoms with E-state index in [2.05, 4.69) is 43.3 Å². The fraction of sp³-hybridized carbons (Fsp3) is 0.724. The van der Waals surface area contributed by atoms with Crippen LogP contribution in [0.3, 0.4) is 0 Å². The maximum Gasteiger partial charge on any atom is 0.0928 e. The van der Waals surface area contributed by atoms with Gasteiger partial charge in [0.25, 0.3) is 0 Å². The third-order valence-electron chi connectivity index (χ3n) is 7.93. The summed E-state index contributed by atoms with van der Waals surface area (Å²) < 4.78 is 12.2. The second-order valence-electron chi connectivity index (χ2n) is 10.2. The van der Waals surface area contributed by atoms with Crippen LogP contribution < -0.4 is 0 Å². The Labute approximate surface area is 185 Å². The summed E-state index contributed by atoms with van der Waals surface area (Å²) in [6.45, 7) is 2.07. The first-order valence-corrected chi connectivity index (χ1v) is 13.1. The van der Waals surface area contributed by atoms with Crippen molar-refractivity contribution >= 4 is 0 Å². The average molecular weight is 413 g/mol. The molecule has 1 aromatic carbocycles. The molecule has 1 aromatic rings. The lowest BCUT2D eigenvalue weighted by Crippen LogP contribution is -2.17. The number of hydrogen-bond donors (Lipinski definition) is 0. The molecule has 1 heteroatoms. The van der Waals surface area contributed by atoms with Gasteiger partial charge < -0.3 is 0 Å². The van der Waals surface area contributed by atoms with Crippen LogP contribution in [-0.4, -0.2) is 6.67 Å². The third-order valence-corrected chi connectivity index (χ3v) is 7.93. The zero-order valence-corrected chi connectivity index (χ0v) is 19.5. The highest BCUT2D eigenvalue weighted by atomic mass is 19.1. The van der Waals surface area contributed by atoms with Crippen LogP contribution in [0.2, 0.25) is 0 Å². The normalized spacial score (nSPS) is 27.5. The van der Waals surface area contributed by atoms with Crippen molar-refractivity contribution in [1.29, 1.82) is 0 Å². The van der Waals surface area contributed by atoms with Gasteiger partial charge in [-0.25, -0.2) is 0 Å². The molecule has 0 aliphatic heterocycles. The molecule has 30 heavy (non-hydrogen) atoms. The molecule has 2 fully saturated rings. The van der Waals surface area contributed by atoms with Crippen molar-refractivity contribution in [1.82, 2.24) is 0 Å². The minimum absolute atomic E-state index is 0.210. The van der Waals surface area contributed by atoms with E-state index in [4.69, 9.17) is 0 Å². The van der Waals surface area contributed by atoms with Gasteiger partial charge in [-0.1, -0.05) is 69.0 Å². The van der Waals surface area contributed by atoms with Gasteiger partial charge in [0.05, 0.1) is 6.67 Å². The molecule has 0 radical (unpaired) electrons. The third kappa shape index (κ3) is 7.86. The van der Waals surface area contributed by atoms with Gasteiger partial charge in [-0.2, -0.15) is 0 Å². The van der Waals surface area contributed by atoms with E-state index in [-0.39, 0.29) is 6.67 Å². The molecule has 2 aliphatic rings. The molecule has 0 nitrogen and oxygen atoms in total. The summed E-state index contributed by atoms with van der Waals surface area (Å²) in [6, 6.07) is 9.62. The lowest BCUT2D eigenvalue weighted by atomic mass is 9.74. The first-order chi connectivity index (χ1) is 14.8. The number of allylic oxidation sites excluding steroid dienone is 2. The molecular weight excluding hydrogens is 367 g/mol. The van der Waals surface area contributed by atoms with Crippen molar-refractivity contribution in [3.63, 3.8) is 0 Å². The molecule has 2 aliphatic carbocycles. The van der Waals surface area contributed by atoms with Crippen LogP contribution in [0.15, 0.2) is 36.4 Å². The van der Waals surface area contributed by atoms with E-state index in [0.717, 1.165) is 23.7 Å². The maximum atomic E-state index is 12.2. The lowest BCUT2D eigenvalue weighted by molar-refractivity contribution is 0.246. The second-order valence-corrected chi connectivity index (χ2v) is 10.2. The summed E-state index contributed by atoms with van der Waals surface area (Å²) >= 11 is 0. The van der Waals surface area contributed by atoms with Crippen LogP contribution in [0.1, 0.15) is 114 Å². The van der Waals surface area contributed by atoms with E-state index in [1.807, 2.05) is 0 Å². The Hall–Kier alpha value is -1.11. The molecule has 0 amide bonds. The highest BCUT2D eigenvalue weighted by Crippen LogP contribution is 2.40. The van der Waals surface area contributed by atoms with Crippen LogP contribution in [0, 0.1) is 17.8 Å². The molecule has 0 N–H and O–H groups in total.